The normalized spacial score (nSPS) is 18.5. The molecule has 7 heteroatoms. The number of amides is 1. The molecule has 1 amide bonds. The number of hydrogen-bond acceptors (Lipinski definition) is 4. The SMILES string of the molecule is CN(C1CCCCC1)S(=O)(=O)c1cccc(C(=O)N2CCC(OCc3ccccc3)CC2)c1. The van der Waals surface area contributed by atoms with E-state index in [1.807, 2.05) is 30.3 Å². The van der Waals surface area contributed by atoms with Crippen LogP contribution in [0.15, 0.2) is 59.5 Å². The Bertz CT molecular complexity index is 1030. The number of nitrogens with zero attached hydrogens (tertiary/aromatic N) is 2. The van der Waals surface area contributed by atoms with E-state index in [4.69, 9.17) is 4.74 Å². The Morgan fingerprint density at radius 3 is 2.36 bits per heavy atom. The lowest BCUT2D eigenvalue weighted by molar-refractivity contribution is -0.000385. The monoisotopic (exact) mass is 470 g/mol. The Labute approximate surface area is 197 Å². The first-order valence-corrected chi connectivity index (χ1v) is 13.4. The fourth-order valence-corrected chi connectivity index (χ4v) is 6.26. The van der Waals surface area contributed by atoms with Crippen molar-refractivity contribution in [3.05, 3.63) is 65.7 Å². The first-order chi connectivity index (χ1) is 15.9. The summed E-state index contributed by atoms with van der Waals surface area (Å²) >= 11 is 0. The highest BCUT2D eigenvalue weighted by molar-refractivity contribution is 7.89. The van der Waals surface area contributed by atoms with Crippen molar-refractivity contribution in [2.24, 2.45) is 0 Å². The van der Waals surface area contributed by atoms with Crippen LogP contribution in [0.2, 0.25) is 0 Å². The van der Waals surface area contributed by atoms with E-state index in [1.54, 1.807) is 30.1 Å². The van der Waals surface area contributed by atoms with Gasteiger partial charge in [-0.25, -0.2) is 8.42 Å². The van der Waals surface area contributed by atoms with Gasteiger partial charge in [0.25, 0.3) is 5.91 Å². The van der Waals surface area contributed by atoms with E-state index in [0.717, 1.165) is 44.1 Å². The van der Waals surface area contributed by atoms with Crippen LogP contribution in [0.5, 0.6) is 0 Å². The Balaban J connectivity index is 1.36. The van der Waals surface area contributed by atoms with Gasteiger partial charge in [0.1, 0.15) is 0 Å². The van der Waals surface area contributed by atoms with Crippen LogP contribution in [-0.4, -0.2) is 55.8 Å². The number of carbonyl (C=O) groups is 1. The number of rotatable bonds is 7. The zero-order valence-corrected chi connectivity index (χ0v) is 20.2. The molecule has 0 bridgehead atoms. The Morgan fingerprint density at radius 1 is 0.970 bits per heavy atom. The molecule has 0 spiro atoms. The van der Waals surface area contributed by atoms with E-state index < -0.39 is 10.0 Å². The van der Waals surface area contributed by atoms with Crippen LogP contribution in [0.25, 0.3) is 0 Å². The summed E-state index contributed by atoms with van der Waals surface area (Å²) in [5, 5.41) is 0. The van der Waals surface area contributed by atoms with Crippen LogP contribution < -0.4 is 0 Å². The molecule has 4 rings (SSSR count). The van der Waals surface area contributed by atoms with Gasteiger partial charge in [0, 0.05) is 31.7 Å². The molecule has 178 valence electrons. The molecule has 2 fully saturated rings. The second kappa shape index (κ2) is 10.8. The second-order valence-corrected chi connectivity index (χ2v) is 11.1. The fraction of sp³-hybridized carbons (Fsp3) is 0.500. The van der Waals surface area contributed by atoms with Crippen LogP contribution in [0.3, 0.4) is 0 Å². The highest BCUT2D eigenvalue weighted by atomic mass is 32.2. The topological polar surface area (TPSA) is 66.9 Å². The zero-order chi connectivity index (χ0) is 23.3. The molecule has 2 aliphatic rings. The molecular formula is C26H34N2O4S. The van der Waals surface area contributed by atoms with Crippen LogP contribution in [0.4, 0.5) is 0 Å². The number of hydrogen-bond donors (Lipinski definition) is 0. The summed E-state index contributed by atoms with van der Waals surface area (Å²) in [4.78, 5) is 15.1. The summed E-state index contributed by atoms with van der Waals surface area (Å²) in [6.45, 7) is 1.79. The van der Waals surface area contributed by atoms with E-state index in [9.17, 15) is 13.2 Å². The molecule has 2 aromatic rings. The van der Waals surface area contributed by atoms with Crippen molar-refractivity contribution >= 4 is 15.9 Å². The maximum atomic E-state index is 13.2. The van der Waals surface area contributed by atoms with Crippen LogP contribution in [-0.2, 0) is 21.4 Å². The lowest BCUT2D eigenvalue weighted by Crippen LogP contribution is -2.41. The van der Waals surface area contributed by atoms with Gasteiger partial charge in [-0.3, -0.25) is 4.79 Å². The summed E-state index contributed by atoms with van der Waals surface area (Å²) in [5.74, 6) is -0.117. The fourth-order valence-electron chi connectivity index (χ4n) is 4.79. The van der Waals surface area contributed by atoms with E-state index in [-0.39, 0.29) is 22.9 Å². The first kappa shape index (κ1) is 23.9. The van der Waals surface area contributed by atoms with Gasteiger partial charge in [0.2, 0.25) is 10.0 Å². The molecule has 0 unspecified atom stereocenters. The molecule has 1 saturated heterocycles. The van der Waals surface area contributed by atoms with Gasteiger partial charge in [0.05, 0.1) is 17.6 Å². The van der Waals surface area contributed by atoms with E-state index >= 15 is 0 Å². The van der Waals surface area contributed by atoms with Crippen molar-refractivity contribution in [2.45, 2.75) is 68.6 Å². The minimum atomic E-state index is -3.63. The second-order valence-electron chi connectivity index (χ2n) is 9.13. The number of benzene rings is 2. The van der Waals surface area contributed by atoms with Crippen molar-refractivity contribution in [1.29, 1.82) is 0 Å². The Kier molecular flexibility index (Phi) is 7.83. The van der Waals surface area contributed by atoms with Crippen molar-refractivity contribution in [3.63, 3.8) is 0 Å². The largest absolute Gasteiger partial charge is 0.373 e. The number of sulfonamides is 1. The van der Waals surface area contributed by atoms with Crippen molar-refractivity contribution in [3.8, 4) is 0 Å². The third-order valence-corrected chi connectivity index (χ3v) is 8.81. The molecule has 0 radical (unpaired) electrons. The number of likely N-dealkylation sites (tertiary alicyclic amines) is 1. The number of carbonyl (C=O) groups excluding carboxylic acids is 1. The molecule has 33 heavy (non-hydrogen) atoms. The van der Waals surface area contributed by atoms with Crippen LogP contribution in [0.1, 0.15) is 60.9 Å². The highest BCUT2D eigenvalue weighted by Crippen LogP contribution is 2.27. The predicted octanol–water partition coefficient (Wildman–Crippen LogP) is 4.46. The molecule has 0 N–H and O–H groups in total. The van der Waals surface area contributed by atoms with Gasteiger partial charge in [-0.2, -0.15) is 4.31 Å². The lowest BCUT2D eigenvalue weighted by Gasteiger charge is -2.32. The molecule has 1 aliphatic carbocycles. The highest BCUT2D eigenvalue weighted by Gasteiger charge is 2.30. The van der Waals surface area contributed by atoms with Gasteiger partial charge in [-0.05, 0) is 49.4 Å². The summed E-state index contributed by atoms with van der Waals surface area (Å²) in [5.41, 5.74) is 1.57. The summed E-state index contributed by atoms with van der Waals surface area (Å²) in [6, 6.07) is 16.6. The third-order valence-electron chi connectivity index (χ3n) is 6.90. The first-order valence-electron chi connectivity index (χ1n) is 12.0. The average molecular weight is 471 g/mol. The summed E-state index contributed by atoms with van der Waals surface area (Å²) < 4.78 is 33.9. The predicted molar refractivity (Wildman–Crippen MR) is 128 cm³/mol. The maximum absolute atomic E-state index is 13.2. The van der Waals surface area contributed by atoms with Gasteiger partial charge in [-0.15, -0.1) is 0 Å². The van der Waals surface area contributed by atoms with Crippen molar-refractivity contribution in [2.75, 3.05) is 20.1 Å². The third kappa shape index (κ3) is 5.83. The number of piperidine rings is 1. The molecule has 0 atom stereocenters. The van der Waals surface area contributed by atoms with Crippen molar-refractivity contribution < 1.29 is 17.9 Å². The summed E-state index contributed by atoms with van der Waals surface area (Å²) in [7, 11) is -1.96. The van der Waals surface area contributed by atoms with E-state index in [2.05, 4.69) is 0 Å². The molecule has 1 heterocycles. The molecule has 1 saturated carbocycles. The Hall–Kier alpha value is -2.22. The zero-order valence-electron chi connectivity index (χ0n) is 19.4. The van der Waals surface area contributed by atoms with Crippen LogP contribution >= 0.6 is 0 Å². The minimum Gasteiger partial charge on any atom is -0.373 e. The lowest BCUT2D eigenvalue weighted by atomic mass is 9.96. The standard InChI is InChI=1S/C26H34N2O4S/c1-27(23-12-6-3-7-13-23)33(30,31)25-14-8-11-22(19-25)26(29)28-17-15-24(16-18-28)32-20-21-9-4-2-5-10-21/h2,4-5,8-11,14,19,23-24H,3,6-7,12-13,15-18,20H2,1H3. The average Bonchev–Trinajstić information content (AvgIpc) is 2.88. The van der Waals surface area contributed by atoms with Crippen molar-refractivity contribution in [1.82, 2.24) is 9.21 Å². The molecule has 6 nitrogen and oxygen atoms in total. The van der Waals surface area contributed by atoms with Gasteiger partial charge in [-0.1, -0.05) is 55.7 Å². The van der Waals surface area contributed by atoms with E-state index in [0.29, 0.717) is 25.3 Å². The summed E-state index contributed by atoms with van der Waals surface area (Å²) in [6.07, 6.45) is 6.78. The van der Waals surface area contributed by atoms with Gasteiger partial charge >= 0.3 is 0 Å². The molecule has 2 aromatic carbocycles. The number of ether oxygens (including phenoxy) is 1. The smallest absolute Gasteiger partial charge is 0.253 e. The van der Waals surface area contributed by atoms with Crippen LogP contribution in [0, 0.1) is 0 Å². The molecule has 1 aliphatic heterocycles. The van der Waals surface area contributed by atoms with Gasteiger partial charge in [0.15, 0.2) is 0 Å². The van der Waals surface area contributed by atoms with Gasteiger partial charge < -0.3 is 9.64 Å². The van der Waals surface area contributed by atoms with E-state index in [1.165, 1.54) is 16.8 Å². The Morgan fingerprint density at radius 2 is 1.67 bits per heavy atom. The molecular weight excluding hydrogens is 436 g/mol. The quantitative estimate of drug-likeness (QED) is 0.599. The maximum Gasteiger partial charge on any atom is 0.253 e. The molecule has 0 aromatic heterocycles. The minimum absolute atomic E-state index is 0.0398.